The van der Waals surface area contributed by atoms with Gasteiger partial charge in [-0.15, -0.1) is 0 Å². The molecule has 0 unspecified atom stereocenters. The number of aliphatic hydroxyl groups is 1. The van der Waals surface area contributed by atoms with Gasteiger partial charge in [0.2, 0.25) is 0 Å². The van der Waals surface area contributed by atoms with E-state index < -0.39 is 5.82 Å². The van der Waals surface area contributed by atoms with Crippen LogP contribution in [-0.2, 0) is 0 Å². The minimum Gasteiger partial charge on any atom is -0.384 e. The summed E-state index contributed by atoms with van der Waals surface area (Å²) in [5.41, 5.74) is 0.614. The molecule has 0 bridgehead atoms. The van der Waals surface area contributed by atoms with E-state index in [9.17, 15) is 9.18 Å². The summed E-state index contributed by atoms with van der Waals surface area (Å²) in [6.07, 6.45) is 3.93. The van der Waals surface area contributed by atoms with E-state index in [1.165, 1.54) is 18.2 Å². The van der Waals surface area contributed by atoms with E-state index in [1.54, 1.807) is 4.90 Å². The van der Waals surface area contributed by atoms with Crippen LogP contribution in [-0.4, -0.2) is 35.1 Å². The SMILES string of the molecule is CCCCN(C(=O)c1cc(C#CCO)ccc1F)C1CC1. The standard InChI is InChI=1S/C17H20FNO2/c1-2-3-10-19(14-7-8-14)17(21)15-12-13(5-4-11-20)6-9-16(15)18/h6,9,12,14,20H,2-3,7-8,10-11H2,1H3. The molecule has 1 fully saturated rings. The fourth-order valence-electron chi connectivity index (χ4n) is 2.23. The Kier molecular flexibility index (Phi) is 5.35. The number of carbonyl (C=O) groups is 1. The molecule has 1 amide bonds. The zero-order valence-electron chi connectivity index (χ0n) is 12.2. The molecule has 0 spiro atoms. The highest BCUT2D eigenvalue weighted by Gasteiger charge is 2.33. The number of nitrogens with zero attached hydrogens (tertiary/aromatic N) is 1. The van der Waals surface area contributed by atoms with Crippen LogP contribution in [0.25, 0.3) is 0 Å². The third-order valence-electron chi connectivity index (χ3n) is 3.51. The Morgan fingerprint density at radius 1 is 1.48 bits per heavy atom. The maximum Gasteiger partial charge on any atom is 0.257 e. The Hall–Kier alpha value is -1.86. The number of unbranched alkanes of at least 4 members (excludes halogenated alkanes) is 1. The zero-order valence-corrected chi connectivity index (χ0v) is 12.2. The molecule has 21 heavy (non-hydrogen) atoms. The Bertz CT molecular complexity index is 570. The number of amides is 1. The van der Waals surface area contributed by atoms with Crippen molar-refractivity contribution < 1.29 is 14.3 Å². The highest BCUT2D eigenvalue weighted by atomic mass is 19.1. The van der Waals surface area contributed by atoms with E-state index in [1.807, 2.05) is 0 Å². The quantitative estimate of drug-likeness (QED) is 0.846. The first-order valence-corrected chi connectivity index (χ1v) is 7.37. The van der Waals surface area contributed by atoms with Crippen molar-refractivity contribution in [3.8, 4) is 11.8 Å². The summed E-state index contributed by atoms with van der Waals surface area (Å²) in [7, 11) is 0. The lowest BCUT2D eigenvalue weighted by molar-refractivity contribution is 0.0736. The van der Waals surface area contributed by atoms with Crippen LogP contribution in [0.4, 0.5) is 4.39 Å². The lowest BCUT2D eigenvalue weighted by atomic mass is 10.1. The van der Waals surface area contributed by atoms with Gasteiger partial charge >= 0.3 is 0 Å². The molecule has 1 aliphatic rings. The number of aliphatic hydroxyl groups excluding tert-OH is 1. The van der Waals surface area contributed by atoms with Gasteiger partial charge in [0.1, 0.15) is 12.4 Å². The van der Waals surface area contributed by atoms with E-state index in [0.717, 1.165) is 25.7 Å². The number of halogens is 1. The summed E-state index contributed by atoms with van der Waals surface area (Å²) in [5, 5.41) is 8.70. The maximum absolute atomic E-state index is 14.0. The van der Waals surface area contributed by atoms with Crippen molar-refractivity contribution in [3.05, 3.63) is 35.1 Å². The monoisotopic (exact) mass is 289 g/mol. The Morgan fingerprint density at radius 3 is 2.86 bits per heavy atom. The fraction of sp³-hybridized carbons (Fsp3) is 0.471. The number of hydrogen-bond acceptors (Lipinski definition) is 2. The third kappa shape index (κ3) is 4.05. The van der Waals surface area contributed by atoms with Gasteiger partial charge in [-0.3, -0.25) is 4.79 Å². The van der Waals surface area contributed by atoms with E-state index >= 15 is 0 Å². The van der Waals surface area contributed by atoms with Gasteiger partial charge < -0.3 is 10.0 Å². The van der Waals surface area contributed by atoms with Crippen molar-refractivity contribution in [3.63, 3.8) is 0 Å². The Morgan fingerprint density at radius 2 is 2.24 bits per heavy atom. The van der Waals surface area contributed by atoms with Crippen molar-refractivity contribution in [1.29, 1.82) is 0 Å². The normalized spacial score (nSPS) is 13.5. The highest BCUT2D eigenvalue weighted by molar-refractivity contribution is 5.95. The summed E-state index contributed by atoms with van der Waals surface area (Å²) in [6.45, 7) is 2.48. The average molecular weight is 289 g/mol. The van der Waals surface area contributed by atoms with E-state index in [-0.39, 0.29) is 24.1 Å². The van der Waals surface area contributed by atoms with Gasteiger partial charge in [0.15, 0.2) is 0 Å². The predicted molar refractivity (Wildman–Crippen MR) is 79.3 cm³/mol. The van der Waals surface area contributed by atoms with Crippen molar-refractivity contribution >= 4 is 5.91 Å². The third-order valence-corrected chi connectivity index (χ3v) is 3.51. The molecule has 1 N–H and O–H groups in total. The topological polar surface area (TPSA) is 40.5 Å². The summed E-state index contributed by atoms with van der Waals surface area (Å²) in [6, 6.07) is 4.51. The van der Waals surface area contributed by atoms with Crippen LogP contribution in [0.5, 0.6) is 0 Å². The first-order valence-electron chi connectivity index (χ1n) is 7.37. The molecule has 1 saturated carbocycles. The summed E-state index contributed by atoms with van der Waals surface area (Å²) >= 11 is 0. The summed E-state index contributed by atoms with van der Waals surface area (Å²) in [5.74, 6) is 4.44. The van der Waals surface area contributed by atoms with Crippen LogP contribution in [0, 0.1) is 17.7 Å². The van der Waals surface area contributed by atoms with Gasteiger partial charge in [-0.2, -0.15) is 0 Å². The smallest absolute Gasteiger partial charge is 0.257 e. The van der Waals surface area contributed by atoms with Gasteiger partial charge in [-0.25, -0.2) is 4.39 Å². The largest absolute Gasteiger partial charge is 0.384 e. The molecule has 112 valence electrons. The van der Waals surface area contributed by atoms with Gasteiger partial charge in [0, 0.05) is 18.2 Å². The molecule has 0 radical (unpaired) electrons. The lowest BCUT2D eigenvalue weighted by Crippen LogP contribution is -2.34. The van der Waals surface area contributed by atoms with Crippen LogP contribution in [0.15, 0.2) is 18.2 Å². The molecule has 1 aromatic carbocycles. The molecule has 1 aromatic rings. The molecule has 0 heterocycles. The van der Waals surface area contributed by atoms with Gasteiger partial charge in [-0.1, -0.05) is 25.2 Å². The van der Waals surface area contributed by atoms with E-state index in [0.29, 0.717) is 12.1 Å². The zero-order chi connectivity index (χ0) is 15.2. The number of rotatable bonds is 5. The minimum absolute atomic E-state index is 0.0720. The summed E-state index contributed by atoms with van der Waals surface area (Å²) < 4.78 is 14.0. The second-order valence-electron chi connectivity index (χ2n) is 5.24. The molecule has 0 aromatic heterocycles. The molecule has 1 aliphatic carbocycles. The first kappa shape index (κ1) is 15.5. The molecule has 2 rings (SSSR count). The van der Waals surface area contributed by atoms with Crippen LogP contribution in [0.3, 0.4) is 0 Å². The van der Waals surface area contributed by atoms with Gasteiger partial charge in [0.05, 0.1) is 5.56 Å². The van der Waals surface area contributed by atoms with Crippen LogP contribution >= 0.6 is 0 Å². The molecule has 0 aliphatic heterocycles. The summed E-state index contributed by atoms with van der Waals surface area (Å²) in [4.78, 5) is 14.4. The fourth-order valence-corrected chi connectivity index (χ4v) is 2.23. The molecule has 3 nitrogen and oxygen atoms in total. The molecular weight excluding hydrogens is 269 g/mol. The average Bonchev–Trinajstić information content (AvgIpc) is 3.31. The molecule has 0 saturated heterocycles. The minimum atomic E-state index is -0.517. The Labute approximate surface area is 124 Å². The number of benzene rings is 1. The lowest BCUT2D eigenvalue weighted by Gasteiger charge is -2.22. The van der Waals surface area contributed by atoms with E-state index in [2.05, 4.69) is 18.8 Å². The molecular formula is C17H20FNO2. The molecule has 4 heteroatoms. The predicted octanol–water partition coefficient (Wildman–Crippen LogP) is 2.57. The molecule has 0 atom stereocenters. The van der Waals surface area contributed by atoms with Crippen molar-refractivity contribution in [1.82, 2.24) is 4.90 Å². The Balaban J connectivity index is 2.23. The highest BCUT2D eigenvalue weighted by Crippen LogP contribution is 2.29. The second-order valence-corrected chi connectivity index (χ2v) is 5.24. The van der Waals surface area contributed by atoms with Crippen molar-refractivity contribution in [2.24, 2.45) is 0 Å². The van der Waals surface area contributed by atoms with E-state index in [4.69, 9.17) is 5.11 Å². The van der Waals surface area contributed by atoms with Crippen LogP contribution in [0.2, 0.25) is 0 Å². The second kappa shape index (κ2) is 7.24. The van der Waals surface area contributed by atoms with Crippen molar-refractivity contribution in [2.75, 3.05) is 13.2 Å². The number of hydrogen-bond donors (Lipinski definition) is 1. The van der Waals surface area contributed by atoms with Gasteiger partial charge in [-0.05, 0) is 37.5 Å². The first-order chi connectivity index (χ1) is 10.2. The van der Waals surface area contributed by atoms with Gasteiger partial charge in [0.25, 0.3) is 5.91 Å². The maximum atomic E-state index is 14.0. The van der Waals surface area contributed by atoms with Crippen LogP contribution in [0.1, 0.15) is 48.5 Å². The number of carbonyl (C=O) groups excluding carboxylic acids is 1. The van der Waals surface area contributed by atoms with Crippen molar-refractivity contribution in [2.45, 2.75) is 38.6 Å². The van der Waals surface area contributed by atoms with Crippen LogP contribution < -0.4 is 0 Å².